The van der Waals surface area contributed by atoms with E-state index in [-0.39, 0.29) is 17.9 Å². The van der Waals surface area contributed by atoms with Crippen LogP contribution in [0, 0.1) is 0 Å². The standard InChI is InChI=1S/C9H15N7O2/c10-4-5-1-2-6(15(13)8(11)17)3-7(5)16(14)9(12)18/h1-3H,4,10,13-14H2,(H2,11,17)(H2,12,18). The normalized spacial score (nSPS) is 9.94. The lowest BCUT2D eigenvalue weighted by atomic mass is 10.1. The average molecular weight is 253 g/mol. The van der Waals surface area contributed by atoms with Gasteiger partial charge in [-0.3, -0.25) is 0 Å². The van der Waals surface area contributed by atoms with Gasteiger partial charge in [0, 0.05) is 6.54 Å². The fraction of sp³-hybridized carbons (Fsp3) is 0.111. The van der Waals surface area contributed by atoms with Crippen LogP contribution in [-0.2, 0) is 6.54 Å². The number of primary amides is 2. The summed E-state index contributed by atoms with van der Waals surface area (Å²) in [5.74, 6) is 10.9. The van der Waals surface area contributed by atoms with Crippen LogP contribution < -0.4 is 38.9 Å². The Morgan fingerprint density at radius 2 is 1.61 bits per heavy atom. The second-order valence-corrected chi connectivity index (χ2v) is 3.43. The van der Waals surface area contributed by atoms with Gasteiger partial charge in [0.1, 0.15) is 0 Å². The third kappa shape index (κ3) is 2.66. The third-order valence-electron chi connectivity index (χ3n) is 2.30. The highest BCUT2D eigenvalue weighted by molar-refractivity contribution is 5.93. The zero-order valence-electron chi connectivity index (χ0n) is 9.54. The molecule has 0 aliphatic rings. The molecule has 0 heterocycles. The number of rotatable bonds is 3. The van der Waals surface area contributed by atoms with Gasteiger partial charge in [-0.05, 0) is 17.7 Å². The molecule has 98 valence electrons. The molecular weight excluding hydrogens is 238 g/mol. The van der Waals surface area contributed by atoms with Crippen LogP contribution in [0.1, 0.15) is 5.56 Å². The van der Waals surface area contributed by atoms with Gasteiger partial charge in [-0.15, -0.1) is 0 Å². The minimum Gasteiger partial charge on any atom is -0.350 e. The largest absolute Gasteiger partial charge is 0.350 e. The van der Waals surface area contributed by atoms with Crippen molar-refractivity contribution in [3.63, 3.8) is 0 Å². The van der Waals surface area contributed by atoms with Gasteiger partial charge in [-0.2, -0.15) is 0 Å². The van der Waals surface area contributed by atoms with Crippen LogP contribution in [0.15, 0.2) is 18.2 Å². The summed E-state index contributed by atoms with van der Waals surface area (Å²) in [5.41, 5.74) is 16.7. The van der Waals surface area contributed by atoms with Crippen molar-refractivity contribution < 1.29 is 9.59 Å². The second kappa shape index (κ2) is 5.31. The predicted molar refractivity (Wildman–Crippen MR) is 66.8 cm³/mol. The summed E-state index contributed by atoms with van der Waals surface area (Å²) in [5, 5.41) is 1.42. The first-order valence-corrected chi connectivity index (χ1v) is 4.90. The molecular formula is C9H15N7O2. The third-order valence-corrected chi connectivity index (χ3v) is 2.30. The quantitative estimate of drug-likeness (QED) is 0.254. The molecule has 0 bridgehead atoms. The average Bonchev–Trinajstić information content (AvgIpc) is 2.35. The Kier molecular flexibility index (Phi) is 4.05. The van der Waals surface area contributed by atoms with Crippen molar-refractivity contribution in [1.29, 1.82) is 0 Å². The van der Waals surface area contributed by atoms with Gasteiger partial charge in [0.2, 0.25) is 0 Å². The first-order valence-electron chi connectivity index (χ1n) is 4.90. The molecule has 0 aromatic heterocycles. The van der Waals surface area contributed by atoms with E-state index in [9.17, 15) is 9.59 Å². The molecule has 9 nitrogen and oxygen atoms in total. The zero-order valence-corrected chi connectivity index (χ0v) is 9.54. The number of nitrogens with two attached hydrogens (primary N) is 5. The minimum absolute atomic E-state index is 0.137. The summed E-state index contributed by atoms with van der Waals surface area (Å²) in [7, 11) is 0. The van der Waals surface area contributed by atoms with Gasteiger partial charge >= 0.3 is 12.1 Å². The van der Waals surface area contributed by atoms with Crippen LogP contribution >= 0.6 is 0 Å². The Balaban J connectivity index is 3.25. The van der Waals surface area contributed by atoms with Gasteiger partial charge in [0.25, 0.3) is 0 Å². The van der Waals surface area contributed by atoms with Crippen molar-refractivity contribution in [2.24, 2.45) is 28.9 Å². The second-order valence-electron chi connectivity index (χ2n) is 3.43. The highest BCUT2D eigenvalue weighted by Gasteiger charge is 2.15. The number of carbonyl (C=O) groups excluding carboxylic acids is 2. The zero-order chi connectivity index (χ0) is 13.9. The fourth-order valence-corrected chi connectivity index (χ4v) is 1.34. The molecule has 1 aromatic carbocycles. The predicted octanol–water partition coefficient (Wildman–Crippen LogP) is -1.34. The van der Waals surface area contributed by atoms with E-state index in [0.717, 1.165) is 0 Å². The lowest BCUT2D eigenvalue weighted by molar-refractivity contribution is 0.253. The van der Waals surface area contributed by atoms with E-state index in [4.69, 9.17) is 28.9 Å². The van der Waals surface area contributed by atoms with Crippen LogP contribution in [0.2, 0.25) is 0 Å². The van der Waals surface area contributed by atoms with Gasteiger partial charge in [-0.25, -0.2) is 31.3 Å². The number of carbonyl (C=O) groups is 2. The molecule has 0 radical (unpaired) electrons. The Labute approximate surface area is 103 Å². The minimum atomic E-state index is -0.871. The lowest BCUT2D eigenvalue weighted by Gasteiger charge is -2.21. The van der Waals surface area contributed by atoms with Crippen LogP contribution in [0.25, 0.3) is 0 Å². The first kappa shape index (κ1) is 13.7. The molecule has 0 aliphatic heterocycles. The number of hydrogen-bond acceptors (Lipinski definition) is 5. The van der Waals surface area contributed by atoms with Crippen molar-refractivity contribution in [1.82, 2.24) is 0 Å². The maximum absolute atomic E-state index is 11.0. The molecule has 1 aromatic rings. The fourth-order valence-electron chi connectivity index (χ4n) is 1.34. The summed E-state index contributed by atoms with van der Waals surface area (Å²) in [6, 6.07) is 2.74. The Hall–Kier alpha value is -2.36. The van der Waals surface area contributed by atoms with E-state index >= 15 is 0 Å². The number of anilines is 2. The van der Waals surface area contributed by atoms with Crippen molar-refractivity contribution in [3.8, 4) is 0 Å². The van der Waals surface area contributed by atoms with E-state index in [0.29, 0.717) is 15.6 Å². The number of urea groups is 2. The van der Waals surface area contributed by atoms with Gasteiger partial charge < -0.3 is 17.2 Å². The monoisotopic (exact) mass is 253 g/mol. The van der Waals surface area contributed by atoms with Crippen LogP contribution in [0.5, 0.6) is 0 Å². The molecule has 0 atom stereocenters. The summed E-state index contributed by atoms with van der Waals surface area (Å²) in [6.07, 6.45) is 0. The molecule has 0 saturated carbocycles. The van der Waals surface area contributed by atoms with E-state index in [1.54, 1.807) is 6.07 Å². The van der Waals surface area contributed by atoms with Crippen molar-refractivity contribution in [3.05, 3.63) is 23.8 Å². The molecule has 4 amide bonds. The highest BCUT2D eigenvalue weighted by Crippen LogP contribution is 2.24. The Bertz CT molecular complexity index is 476. The number of nitrogens with zero attached hydrogens (tertiary/aromatic N) is 2. The highest BCUT2D eigenvalue weighted by atomic mass is 16.2. The molecule has 0 unspecified atom stereocenters. The molecule has 0 fully saturated rings. The first-order chi connectivity index (χ1) is 8.38. The summed E-state index contributed by atoms with van der Waals surface area (Å²) < 4.78 is 0. The van der Waals surface area contributed by atoms with Gasteiger partial charge in [0.05, 0.1) is 11.4 Å². The molecule has 0 aliphatic carbocycles. The van der Waals surface area contributed by atoms with Crippen LogP contribution in [0.3, 0.4) is 0 Å². The number of amides is 4. The summed E-state index contributed by atoms with van der Waals surface area (Å²) in [6.45, 7) is 0.137. The summed E-state index contributed by atoms with van der Waals surface area (Å²) >= 11 is 0. The number of hydrogen-bond donors (Lipinski definition) is 5. The van der Waals surface area contributed by atoms with E-state index in [1.165, 1.54) is 12.1 Å². The van der Waals surface area contributed by atoms with Crippen molar-refractivity contribution in [2.45, 2.75) is 6.54 Å². The maximum Gasteiger partial charge on any atom is 0.333 e. The molecule has 18 heavy (non-hydrogen) atoms. The van der Waals surface area contributed by atoms with E-state index in [1.807, 2.05) is 0 Å². The smallest absolute Gasteiger partial charge is 0.333 e. The van der Waals surface area contributed by atoms with Gasteiger partial charge in [-0.1, -0.05) is 6.07 Å². The lowest BCUT2D eigenvalue weighted by Crippen LogP contribution is -2.43. The SMILES string of the molecule is NCc1ccc(N(N)C(N)=O)cc1N(N)C(N)=O. The molecule has 0 saturated heterocycles. The Morgan fingerprint density at radius 3 is 2.06 bits per heavy atom. The van der Waals surface area contributed by atoms with Gasteiger partial charge in [0.15, 0.2) is 0 Å². The topological polar surface area (TPSA) is 171 Å². The molecule has 1 rings (SSSR count). The van der Waals surface area contributed by atoms with E-state index < -0.39 is 12.1 Å². The maximum atomic E-state index is 11.0. The van der Waals surface area contributed by atoms with Crippen LogP contribution in [0.4, 0.5) is 21.0 Å². The van der Waals surface area contributed by atoms with Crippen LogP contribution in [-0.4, -0.2) is 12.1 Å². The Morgan fingerprint density at radius 1 is 1.06 bits per heavy atom. The molecule has 0 spiro atoms. The summed E-state index contributed by atoms with van der Waals surface area (Å²) in [4.78, 5) is 22.0. The van der Waals surface area contributed by atoms with E-state index in [2.05, 4.69) is 0 Å². The van der Waals surface area contributed by atoms with Crippen molar-refractivity contribution in [2.75, 3.05) is 10.0 Å². The molecule has 9 heteroatoms. The van der Waals surface area contributed by atoms with Crippen molar-refractivity contribution >= 4 is 23.4 Å². The number of hydrazine groups is 2. The molecule has 10 N–H and O–H groups in total. The number of benzene rings is 1.